The van der Waals surface area contributed by atoms with E-state index in [1.165, 1.54) is 0 Å². The molecule has 6 rings (SSSR count). The fraction of sp³-hybridized carbons (Fsp3) is 0.306. The molecule has 3 heterocycles. The summed E-state index contributed by atoms with van der Waals surface area (Å²) in [6, 6.07) is 22.0. The molecule has 45 heavy (non-hydrogen) atoms. The number of hydrogen-bond donors (Lipinski definition) is 1. The van der Waals surface area contributed by atoms with Crippen molar-refractivity contribution in [3.63, 3.8) is 0 Å². The molecule has 1 aliphatic heterocycles. The molecule has 5 aromatic rings. The molecule has 0 spiro atoms. The number of halogens is 1. The molecule has 1 fully saturated rings. The predicted molar refractivity (Wildman–Crippen MR) is 184 cm³/mol. The molecular weight excluding hydrogens is 604 g/mol. The lowest BCUT2D eigenvalue weighted by Gasteiger charge is -2.33. The molecule has 0 bridgehead atoms. The number of likely N-dealkylation sites (N-methyl/N-ethyl adjacent to an activating group) is 1. The number of piperazine rings is 1. The number of fused-ring (bicyclic) bond motifs is 1. The number of nitrogens with zero attached hydrogens (tertiary/aromatic N) is 4. The lowest BCUT2D eigenvalue weighted by Crippen LogP contribution is -2.44. The zero-order valence-corrected chi connectivity index (χ0v) is 27.7. The molecule has 0 saturated carbocycles. The largest absolute Gasteiger partial charge is 0.479 e. The number of carboxylic acid groups (broad SMARTS) is 1. The van der Waals surface area contributed by atoms with E-state index >= 15 is 0 Å². The molecule has 1 N–H and O–H groups in total. The van der Waals surface area contributed by atoms with Crippen LogP contribution in [0, 0.1) is 6.92 Å². The second-order valence-corrected chi connectivity index (χ2v) is 14.0. The van der Waals surface area contributed by atoms with Gasteiger partial charge in [-0.15, -0.1) is 11.3 Å². The highest BCUT2D eigenvalue weighted by molar-refractivity contribution is 7.22. The molecule has 232 valence electrons. The number of ether oxygens (including phenoxy) is 1. The Bertz CT molecular complexity index is 1840. The van der Waals surface area contributed by atoms with Crippen LogP contribution < -0.4 is 4.90 Å². The topological polar surface area (TPSA) is 78.8 Å². The number of aromatic nitrogens is 2. The van der Waals surface area contributed by atoms with Crippen molar-refractivity contribution < 1.29 is 14.6 Å². The third-order valence-electron chi connectivity index (χ3n) is 8.04. The van der Waals surface area contributed by atoms with Gasteiger partial charge in [0.05, 0.1) is 15.8 Å². The van der Waals surface area contributed by atoms with Gasteiger partial charge in [0.2, 0.25) is 0 Å². The molecule has 9 heteroatoms. The second-order valence-electron chi connectivity index (χ2n) is 12.6. The highest BCUT2D eigenvalue weighted by Crippen LogP contribution is 2.44. The number of rotatable bonds is 7. The average molecular weight is 641 g/mol. The number of benzene rings is 3. The summed E-state index contributed by atoms with van der Waals surface area (Å²) in [5.74, 6) is -0.0301. The molecule has 1 aliphatic rings. The van der Waals surface area contributed by atoms with Crippen LogP contribution in [0.15, 0.2) is 72.9 Å². The van der Waals surface area contributed by atoms with Crippen LogP contribution in [0.25, 0.3) is 43.0 Å². The fourth-order valence-corrected chi connectivity index (χ4v) is 7.02. The number of aliphatic carboxylic acids is 1. The molecule has 7 nitrogen and oxygen atoms in total. The minimum absolute atomic E-state index is 0.609. The minimum Gasteiger partial charge on any atom is -0.479 e. The highest BCUT2D eigenvalue weighted by atomic mass is 35.5. The molecule has 0 unspecified atom stereocenters. The first-order valence-electron chi connectivity index (χ1n) is 15.1. The Morgan fingerprint density at radius 2 is 1.64 bits per heavy atom. The third kappa shape index (κ3) is 6.75. The van der Waals surface area contributed by atoms with Crippen molar-refractivity contribution in [1.29, 1.82) is 0 Å². The maximum absolute atomic E-state index is 12.7. The first-order chi connectivity index (χ1) is 21.5. The summed E-state index contributed by atoms with van der Waals surface area (Å²) in [4.78, 5) is 27.2. The molecular formula is C36H37ClN4O3S. The van der Waals surface area contributed by atoms with E-state index in [-0.39, 0.29) is 0 Å². The summed E-state index contributed by atoms with van der Waals surface area (Å²) in [5.41, 5.74) is 6.33. The normalized spacial score (nSPS) is 15.0. The molecule has 1 saturated heterocycles. The van der Waals surface area contributed by atoms with Gasteiger partial charge >= 0.3 is 5.97 Å². The van der Waals surface area contributed by atoms with Gasteiger partial charge in [-0.25, -0.2) is 14.8 Å². The Kier molecular flexibility index (Phi) is 8.68. The van der Waals surface area contributed by atoms with Crippen LogP contribution in [0.1, 0.15) is 38.0 Å². The molecule has 3 aromatic carbocycles. The standard InChI is InChI=1S/C36H37ClN4O3S/c1-22-19-28-33(31(23-9-12-27(37)13-10-23)30(22)32(35(42)43)44-36(2,3)4)45-34(39-28)25-8-6-7-24(20-25)26-11-14-29(38-21-26)41-17-15-40(5)16-18-41/h6-14,19-21,32H,15-18H2,1-5H3,(H,42,43)/t32-/m0/s1. The Labute approximate surface area is 273 Å². The molecule has 0 aliphatic carbocycles. The number of pyridine rings is 1. The van der Waals surface area contributed by atoms with E-state index in [9.17, 15) is 9.90 Å². The number of hydrogen-bond acceptors (Lipinski definition) is 7. The van der Waals surface area contributed by atoms with Gasteiger partial charge in [-0.05, 0) is 87.8 Å². The van der Waals surface area contributed by atoms with Gasteiger partial charge < -0.3 is 19.6 Å². The Morgan fingerprint density at radius 3 is 2.29 bits per heavy atom. The highest BCUT2D eigenvalue weighted by Gasteiger charge is 2.32. The van der Waals surface area contributed by atoms with Crippen molar-refractivity contribution in [3.8, 4) is 32.8 Å². The van der Waals surface area contributed by atoms with E-state index in [4.69, 9.17) is 26.3 Å². The Hall–Kier alpha value is -3.82. The maximum atomic E-state index is 12.7. The minimum atomic E-state index is -1.16. The fourth-order valence-electron chi connectivity index (χ4n) is 5.77. The van der Waals surface area contributed by atoms with E-state index in [0.717, 1.165) is 80.6 Å². The number of carboxylic acids is 1. The number of carbonyl (C=O) groups is 1. The third-order valence-corrected chi connectivity index (χ3v) is 9.43. The number of aryl methyl sites for hydroxylation is 1. The summed E-state index contributed by atoms with van der Waals surface area (Å²) in [7, 11) is 2.15. The summed E-state index contributed by atoms with van der Waals surface area (Å²) >= 11 is 7.81. The quantitative estimate of drug-likeness (QED) is 0.192. The maximum Gasteiger partial charge on any atom is 0.337 e. The van der Waals surface area contributed by atoms with Gasteiger partial charge in [0.15, 0.2) is 6.10 Å². The summed E-state index contributed by atoms with van der Waals surface area (Å²) < 4.78 is 7.06. The van der Waals surface area contributed by atoms with Gasteiger partial charge in [-0.1, -0.05) is 41.9 Å². The van der Waals surface area contributed by atoms with Crippen LogP contribution >= 0.6 is 22.9 Å². The van der Waals surface area contributed by atoms with Crippen molar-refractivity contribution in [3.05, 3.63) is 89.1 Å². The van der Waals surface area contributed by atoms with E-state index in [0.29, 0.717) is 10.6 Å². The SMILES string of the molecule is Cc1cc2nc(-c3cccc(-c4ccc(N5CCN(C)CC5)nc4)c3)sc2c(-c2ccc(Cl)cc2)c1[C@H](OC(C)(C)C)C(=O)O. The van der Waals surface area contributed by atoms with Crippen LogP contribution in [0.5, 0.6) is 0 Å². The van der Waals surface area contributed by atoms with Gasteiger partial charge in [0.25, 0.3) is 0 Å². The molecule has 0 amide bonds. The van der Waals surface area contributed by atoms with Crippen molar-refractivity contribution in [2.45, 2.75) is 39.4 Å². The Balaban J connectivity index is 1.42. The van der Waals surface area contributed by atoms with Gasteiger partial charge in [0.1, 0.15) is 10.8 Å². The zero-order chi connectivity index (χ0) is 31.9. The predicted octanol–water partition coefficient (Wildman–Crippen LogP) is 8.35. The second kappa shape index (κ2) is 12.5. The van der Waals surface area contributed by atoms with Crippen LogP contribution in [0.2, 0.25) is 5.02 Å². The van der Waals surface area contributed by atoms with E-state index in [2.05, 4.69) is 47.2 Å². The van der Waals surface area contributed by atoms with Crippen molar-refractivity contribution in [2.24, 2.45) is 0 Å². The van der Waals surface area contributed by atoms with E-state index in [1.807, 2.05) is 70.3 Å². The Morgan fingerprint density at radius 1 is 0.956 bits per heavy atom. The van der Waals surface area contributed by atoms with Crippen molar-refractivity contribution >= 4 is 44.9 Å². The van der Waals surface area contributed by atoms with Crippen LogP contribution in [0.4, 0.5) is 5.82 Å². The molecule has 1 atom stereocenters. The summed E-state index contributed by atoms with van der Waals surface area (Å²) in [6.07, 6.45) is 0.788. The summed E-state index contributed by atoms with van der Waals surface area (Å²) in [6.45, 7) is 11.6. The summed E-state index contributed by atoms with van der Waals surface area (Å²) in [5, 5.41) is 11.8. The molecule has 2 aromatic heterocycles. The van der Waals surface area contributed by atoms with E-state index in [1.54, 1.807) is 11.3 Å². The lowest BCUT2D eigenvalue weighted by atomic mass is 9.91. The van der Waals surface area contributed by atoms with Gasteiger partial charge in [0, 0.05) is 59.7 Å². The van der Waals surface area contributed by atoms with Crippen LogP contribution in [0.3, 0.4) is 0 Å². The lowest BCUT2D eigenvalue weighted by molar-refractivity contribution is -0.160. The average Bonchev–Trinajstić information content (AvgIpc) is 3.44. The number of thiazole rings is 1. The first kappa shape index (κ1) is 31.2. The smallest absolute Gasteiger partial charge is 0.337 e. The van der Waals surface area contributed by atoms with E-state index < -0.39 is 17.7 Å². The monoisotopic (exact) mass is 640 g/mol. The molecule has 0 radical (unpaired) electrons. The van der Waals surface area contributed by atoms with Crippen molar-refractivity contribution in [1.82, 2.24) is 14.9 Å². The zero-order valence-electron chi connectivity index (χ0n) is 26.2. The van der Waals surface area contributed by atoms with Crippen LogP contribution in [-0.2, 0) is 9.53 Å². The number of anilines is 1. The van der Waals surface area contributed by atoms with Crippen LogP contribution in [-0.4, -0.2) is 64.8 Å². The van der Waals surface area contributed by atoms with Gasteiger partial charge in [-0.2, -0.15) is 0 Å². The first-order valence-corrected chi connectivity index (χ1v) is 16.3. The van der Waals surface area contributed by atoms with Crippen molar-refractivity contribution in [2.75, 3.05) is 38.1 Å². The van der Waals surface area contributed by atoms with Gasteiger partial charge in [-0.3, -0.25) is 0 Å².